The summed E-state index contributed by atoms with van der Waals surface area (Å²) in [4.78, 5) is 11.8. The molecule has 2 N–H and O–H groups in total. The lowest BCUT2D eigenvalue weighted by Gasteiger charge is -2.12. The van der Waals surface area contributed by atoms with Gasteiger partial charge >= 0.3 is 0 Å². The van der Waals surface area contributed by atoms with E-state index in [1.54, 1.807) is 6.33 Å². The second-order valence-corrected chi connectivity index (χ2v) is 4.82. The normalized spacial score (nSPS) is 12.2. The third-order valence-corrected chi connectivity index (χ3v) is 3.04. The van der Waals surface area contributed by atoms with Gasteiger partial charge in [-0.25, -0.2) is 0 Å². The van der Waals surface area contributed by atoms with E-state index < -0.39 is 0 Å². The molecule has 1 unspecified atom stereocenters. The number of aryl methyl sites for hydroxylation is 2. The van der Waals surface area contributed by atoms with E-state index in [1.165, 1.54) is 0 Å². The second kappa shape index (κ2) is 6.29. The van der Waals surface area contributed by atoms with E-state index >= 15 is 0 Å². The molecule has 0 saturated heterocycles. The molecule has 2 aromatic rings. The molecule has 1 amide bonds. The van der Waals surface area contributed by atoms with Crippen LogP contribution in [0.2, 0.25) is 0 Å². The van der Waals surface area contributed by atoms with Gasteiger partial charge in [0.25, 0.3) is 0 Å². The van der Waals surface area contributed by atoms with Gasteiger partial charge in [-0.15, -0.1) is 10.2 Å². The van der Waals surface area contributed by atoms with Crippen LogP contribution in [0.5, 0.6) is 0 Å². The standard InChI is InChI=1S/C14H19N5O/c1-10-4-6-12(7-5-10)17-13(20)8-15-11(2)14-18-16-9-19(14)3/h4-7,9,11,15H,8H2,1-3H3,(H,17,20). The fourth-order valence-electron chi connectivity index (χ4n) is 1.86. The summed E-state index contributed by atoms with van der Waals surface area (Å²) in [6, 6.07) is 7.67. The number of anilines is 1. The van der Waals surface area contributed by atoms with Crippen molar-refractivity contribution in [3.63, 3.8) is 0 Å². The Morgan fingerprint density at radius 1 is 1.35 bits per heavy atom. The number of nitrogens with zero attached hydrogens (tertiary/aromatic N) is 3. The van der Waals surface area contributed by atoms with Crippen molar-refractivity contribution >= 4 is 11.6 Å². The number of hydrogen-bond acceptors (Lipinski definition) is 4. The van der Waals surface area contributed by atoms with E-state index in [9.17, 15) is 4.79 Å². The first-order chi connectivity index (χ1) is 9.56. The Labute approximate surface area is 118 Å². The van der Waals surface area contributed by atoms with Crippen LogP contribution >= 0.6 is 0 Å². The maximum atomic E-state index is 11.8. The molecule has 0 aliphatic carbocycles. The average Bonchev–Trinajstić information content (AvgIpc) is 2.85. The molecule has 6 heteroatoms. The lowest BCUT2D eigenvalue weighted by atomic mass is 10.2. The SMILES string of the molecule is Cc1ccc(NC(=O)CNC(C)c2nncn2C)cc1. The smallest absolute Gasteiger partial charge is 0.238 e. The molecule has 1 atom stereocenters. The molecule has 106 valence electrons. The van der Waals surface area contributed by atoms with Crippen LogP contribution in [0.3, 0.4) is 0 Å². The molecule has 2 rings (SSSR count). The van der Waals surface area contributed by atoms with Crippen LogP contribution < -0.4 is 10.6 Å². The third kappa shape index (κ3) is 3.64. The summed E-state index contributed by atoms with van der Waals surface area (Å²) in [6.07, 6.45) is 1.64. The topological polar surface area (TPSA) is 71.8 Å². The third-order valence-electron chi connectivity index (χ3n) is 3.04. The number of hydrogen-bond donors (Lipinski definition) is 2. The van der Waals surface area contributed by atoms with Gasteiger partial charge in [0.1, 0.15) is 12.2 Å². The summed E-state index contributed by atoms with van der Waals surface area (Å²) < 4.78 is 1.83. The fourth-order valence-corrected chi connectivity index (χ4v) is 1.86. The molecule has 0 fully saturated rings. The van der Waals surface area contributed by atoms with Gasteiger partial charge in [0, 0.05) is 12.7 Å². The number of nitrogens with one attached hydrogen (secondary N) is 2. The van der Waals surface area contributed by atoms with Crippen molar-refractivity contribution in [1.29, 1.82) is 0 Å². The Kier molecular flexibility index (Phi) is 4.47. The molecular weight excluding hydrogens is 254 g/mol. The molecule has 1 aromatic carbocycles. The summed E-state index contributed by atoms with van der Waals surface area (Å²) in [5.41, 5.74) is 1.96. The summed E-state index contributed by atoms with van der Waals surface area (Å²) >= 11 is 0. The molecule has 1 aromatic heterocycles. The Balaban J connectivity index is 1.83. The van der Waals surface area contributed by atoms with Crippen LogP contribution in [-0.2, 0) is 11.8 Å². The van der Waals surface area contributed by atoms with Crippen molar-refractivity contribution < 1.29 is 4.79 Å². The summed E-state index contributed by atoms with van der Waals surface area (Å²) in [5, 5.41) is 13.8. The molecule has 1 heterocycles. The molecule has 0 spiro atoms. The maximum Gasteiger partial charge on any atom is 0.238 e. The van der Waals surface area contributed by atoms with E-state index in [4.69, 9.17) is 0 Å². The van der Waals surface area contributed by atoms with Gasteiger partial charge in [0.05, 0.1) is 12.6 Å². The molecule has 0 saturated carbocycles. The number of aromatic nitrogens is 3. The Hall–Kier alpha value is -2.21. The van der Waals surface area contributed by atoms with Crippen LogP contribution in [0.1, 0.15) is 24.4 Å². The van der Waals surface area contributed by atoms with Gasteiger partial charge < -0.3 is 9.88 Å². The average molecular weight is 273 g/mol. The first kappa shape index (κ1) is 14.2. The van der Waals surface area contributed by atoms with E-state index in [0.717, 1.165) is 17.1 Å². The van der Waals surface area contributed by atoms with Crippen molar-refractivity contribution in [2.45, 2.75) is 19.9 Å². The van der Waals surface area contributed by atoms with Crippen molar-refractivity contribution in [2.24, 2.45) is 7.05 Å². The second-order valence-electron chi connectivity index (χ2n) is 4.82. The zero-order valence-corrected chi connectivity index (χ0v) is 11.9. The fraction of sp³-hybridized carbons (Fsp3) is 0.357. The number of carbonyl (C=O) groups excluding carboxylic acids is 1. The summed E-state index contributed by atoms with van der Waals surface area (Å²) in [6.45, 7) is 4.18. The van der Waals surface area contributed by atoms with E-state index in [2.05, 4.69) is 20.8 Å². The van der Waals surface area contributed by atoms with Crippen molar-refractivity contribution in [2.75, 3.05) is 11.9 Å². The van der Waals surface area contributed by atoms with E-state index in [-0.39, 0.29) is 18.5 Å². The highest BCUT2D eigenvalue weighted by atomic mass is 16.1. The van der Waals surface area contributed by atoms with Crippen molar-refractivity contribution in [3.8, 4) is 0 Å². The zero-order chi connectivity index (χ0) is 14.5. The number of carbonyl (C=O) groups is 1. The minimum absolute atomic E-state index is 0.0359. The molecule has 0 radical (unpaired) electrons. The largest absolute Gasteiger partial charge is 0.325 e. The Morgan fingerprint density at radius 3 is 2.65 bits per heavy atom. The lowest BCUT2D eigenvalue weighted by Crippen LogP contribution is -2.31. The maximum absolute atomic E-state index is 11.8. The van der Waals surface area contributed by atoms with Crippen LogP contribution in [0.15, 0.2) is 30.6 Å². The predicted octanol–water partition coefficient (Wildman–Crippen LogP) is 1.41. The quantitative estimate of drug-likeness (QED) is 0.864. The van der Waals surface area contributed by atoms with Crippen LogP contribution in [0, 0.1) is 6.92 Å². The first-order valence-electron chi connectivity index (χ1n) is 6.50. The number of amides is 1. The monoisotopic (exact) mass is 273 g/mol. The molecular formula is C14H19N5O. The lowest BCUT2D eigenvalue weighted by molar-refractivity contribution is -0.115. The Bertz CT molecular complexity index is 576. The van der Waals surface area contributed by atoms with Crippen LogP contribution in [0.4, 0.5) is 5.69 Å². The minimum atomic E-state index is -0.0807. The van der Waals surface area contributed by atoms with Gasteiger partial charge in [-0.05, 0) is 26.0 Å². The van der Waals surface area contributed by atoms with Gasteiger partial charge in [-0.2, -0.15) is 0 Å². The summed E-state index contributed by atoms with van der Waals surface area (Å²) in [7, 11) is 1.87. The number of rotatable bonds is 5. The van der Waals surface area contributed by atoms with Crippen LogP contribution in [-0.4, -0.2) is 27.2 Å². The molecule has 0 aliphatic heterocycles. The zero-order valence-electron chi connectivity index (χ0n) is 11.9. The Morgan fingerprint density at radius 2 is 2.05 bits per heavy atom. The molecule has 0 aliphatic rings. The van der Waals surface area contributed by atoms with Gasteiger partial charge in [-0.1, -0.05) is 17.7 Å². The highest BCUT2D eigenvalue weighted by Crippen LogP contribution is 2.09. The van der Waals surface area contributed by atoms with E-state index in [1.807, 2.05) is 49.7 Å². The molecule has 0 bridgehead atoms. The van der Waals surface area contributed by atoms with Gasteiger partial charge in [-0.3, -0.25) is 10.1 Å². The van der Waals surface area contributed by atoms with Crippen molar-refractivity contribution in [1.82, 2.24) is 20.1 Å². The minimum Gasteiger partial charge on any atom is -0.325 e. The predicted molar refractivity (Wildman–Crippen MR) is 77.2 cm³/mol. The first-order valence-corrected chi connectivity index (χ1v) is 6.50. The highest BCUT2D eigenvalue weighted by molar-refractivity contribution is 5.92. The van der Waals surface area contributed by atoms with Gasteiger partial charge in [0.15, 0.2) is 0 Å². The van der Waals surface area contributed by atoms with Crippen LogP contribution in [0.25, 0.3) is 0 Å². The molecule has 6 nitrogen and oxygen atoms in total. The van der Waals surface area contributed by atoms with Gasteiger partial charge in [0.2, 0.25) is 5.91 Å². The number of benzene rings is 1. The molecule has 20 heavy (non-hydrogen) atoms. The summed E-state index contributed by atoms with van der Waals surface area (Å²) in [5.74, 6) is 0.719. The highest BCUT2D eigenvalue weighted by Gasteiger charge is 2.12. The van der Waals surface area contributed by atoms with E-state index in [0.29, 0.717) is 0 Å². The van der Waals surface area contributed by atoms with Crippen molar-refractivity contribution in [3.05, 3.63) is 42.0 Å².